The first-order chi connectivity index (χ1) is 10.6. The summed E-state index contributed by atoms with van der Waals surface area (Å²) in [6.07, 6.45) is 0.281. The number of amides is 1. The molecule has 0 saturated heterocycles. The molecule has 22 heavy (non-hydrogen) atoms. The van der Waals surface area contributed by atoms with Gasteiger partial charge < -0.3 is 5.32 Å². The van der Waals surface area contributed by atoms with E-state index < -0.39 is 6.04 Å². The highest BCUT2D eigenvalue weighted by Gasteiger charge is 2.13. The van der Waals surface area contributed by atoms with Gasteiger partial charge in [0.1, 0.15) is 6.04 Å². The van der Waals surface area contributed by atoms with Crippen molar-refractivity contribution in [1.82, 2.24) is 5.32 Å². The van der Waals surface area contributed by atoms with E-state index in [9.17, 15) is 10.1 Å². The quantitative estimate of drug-likeness (QED) is 0.912. The average molecular weight is 292 g/mol. The molecule has 0 unspecified atom stereocenters. The molecule has 3 heteroatoms. The van der Waals surface area contributed by atoms with E-state index in [1.807, 2.05) is 54.6 Å². The molecule has 1 amide bonds. The van der Waals surface area contributed by atoms with Crippen LogP contribution in [0.5, 0.6) is 0 Å². The van der Waals surface area contributed by atoms with E-state index in [1.54, 1.807) is 0 Å². The molecule has 1 N–H and O–H groups in total. The van der Waals surface area contributed by atoms with Crippen molar-refractivity contribution in [3.8, 4) is 6.07 Å². The lowest BCUT2D eigenvalue weighted by Gasteiger charge is -2.12. The van der Waals surface area contributed by atoms with Gasteiger partial charge in [-0.3, -0.25) is 4.79 Å². The molecule has 2 aromatic rings. The number of benzene rings is 2. The second-order valence-electron chi connectivity index (χ2n) is 5.61. The van der Waals surface area contributed by atoms with Gasteiger partial charge in [0.05, 0.1) is 12.5 Å². The summed E-state index contributed by atoms with van der Waals surface area (Å²) in [7, 11) is 0. The minimum Gasteiger partial charge on any atom is -0.336 e. The van der Waals surface area contributed by atoms with Crippen molar-refractivity contribution in [2.24, 2.45) is 0 Å². The van der Waals surface area contributed by atoms with Crippen LogP contribution in [-0.4, -0.2) is 5.91 Å². The van der Waals surface area contributed by atoms with Crippen LogP contribution in [0, 0.1) is 11.3 Å². The van der Waals surface area contributed by atoms with Crippen LogP contribution in [0.2, 0.25) is 0 Å². The normalized spacial score (nSPS) is 11.7. The van der Waals surface area contributed by atoms with Gasteiger partial charge in [0.2, 0.25) is 5.91 Å². The lowest BCUT2D eigenvalue weighted by atomic mass is 10.0. The lowest BCUT2D eigenvalue weighted by Crippen LogP contribution is -2.28. The van der Waals surface area contributed by atoms with E-state index in [2.05, 4.69) is 25.2 Å². The molecule has 0 aliphatic rings. The molecule has 0 aromatic heterocycles. The minimum atomic E-state index is -0.608. The van der Waals surface area contributed by atoms with E-state index in [0.29, 0.717) is 5.92 Å². The summed E-state index contributed by atoms with van der Waals surface area (Å²) >= 11 is 0. The fourth-order valence-corrected chi connectivity index (χ4v) is 2.25. The van der Waals surface area contributed by atoms with Gasteiger partial charge in [-0.1, -0.05) is 68.4 Å². The highest BCUT2D eigenvalue weighted by Crippen LogP contribution is 2.15. The van der Waals surface area contributed by atoms with Crippen LogP contribution in [-0.2, 0) is 11.2 Å². The third-order valence-corrected chi connectivity index (χ3v) is 3.58. The van der Waals surface area contributed by atoms with Gasteiger partial charge in [0.25, 0.3) is 0 Å². The Hall–Kier alpha value is -2.60. The van der Waals surface area contributed by atoms with Crippen molar-refractivity contribution in [2.75, 3.05) is 0 Å². The van der Waals surface area contributed by atoms with Crippen molar-refractivity contribution in [1.29, 1.82) is 5.26 Å². The van der Waals surface area contributed by atoms with Gasteiger partial charge in [0, 0.05) is 0 Å². The van der Waals surface area contributed by atoms with Gasteiger partial charge in [-0.15, -0.1) is 0 Å². The highest BCUT2D eigenvalue weighted by molar-refractivity contribution is 5.79. The van der Waals surface area contributed by atoms with E-state index in [1.165, 1.54) is 5.56 Å². The molecule has 2 aromatic carbocycles. The summed E-state index contributed by atoms with van der Waals surface area (Å²) < 4.78 is 0. The topological polar surface area (TPSA) is 52.9 Å². The largest absolute Gasteiger partial charge is 0.336 e. The van der Waals surface area contributed by atoms with Gasteiger partial charge in [-0.2, -0.15) is 5.26 Å². The van der Waals surface area contributed by atoms with Crippen LogP contribution in [0.1, 0.15) is 42.5 Å². The third-order valence-electron chi connectivity index (χ3n) is 3.58. The summed E-state index contributed by atoms with van der Waals surface area (Å²) in [6.45, 7) is 4.28. The molecule has 0 saturated carbocycles. The zero-order valence-electron chi connectivity index (χ0n) is 12.9. The van der Waals surface area contributed by atoms with Crippen molar-refractivity contribution in [3.05, 3.63) is 71.3 Å². The molecule has 0 aliphatic carbocycles. The molecule has 3 nitrogen and oxygen atoms in total. The SMILES string of the molecule is CC(C)c1ccc(CC(=O)N[C@H](C#N)c2ccccc2)cc1. The Morgan fingerprint density at radius 2 is 1.68 bits per heavy atom. The summed E-state index contributed by atoms with van der Waals surface area (Å²) in [5, 5.41) is 12.0. The molecule has 112 valence electrons. The number of hydrogen-bond donors (Lipinski definition) is 1. The number of carbonyl (C=O) groups excluding carboxylic acids is 1. The molecule has 0 spiro atoms. The number of hydrogen-bond acceptors (Lipinski definition) is 2. The first-order valence-electron chi connectivity index (χ1n) is 7.43. The monoisotopic (exact) mass is 292 g/mol. The summed E-state index contributed by atoms with van der Waals surface area (Å²) in [4.78, 5) is 12.1. The van der Waals surface area contributed by atoms with Crippen LogP contribution in [0.4, 0.5) is 0 Å². The number of carbonyl (C=O) groups is 1. The number of nitrogens with one attached hydrogen (secondary N) is 1. The van der Waals surface area contributed by atoms with Gasteiger partial charge >= 0.3 is 0 Å². The Bertz CT molecular complexity index is 654. The Labute approximate surface area is 131 Å². The fraction of sp³-hybridized carbons (Fsp3) is 0.263. The first-order valence-corrected chi connectivity index (χ1v) is 7.43. The van der Waals surface area contributed by atoms with E-state index in [4.69, 9.17) is 0 Å². The maximum Gasteiger partial charge on any atom is 0.225 e. The van der Waals surface area contributed by atoms with Crippen molar-refractivity contribution < 1.29 is 4.79 Å². The van der Waals surface area contributed by atoms with Gasteiger partial charge in [0.15, 0.2) is 0 Å². The lowest BCUT2D eigenvalue weighted by molar-refractivity contribution is -0.120. The Morgan fingerprint density at radius 3 is 2.23 bits per heavy atom. The Morgan fingerprint density at radius 1 is 1.05 bits per heavy atom. The molecule has 0 fully saturated rings. The zero-order valence-corrected chi connectivity index (χ0v) is 12.9. The smallest absolute Gasteiger partial charge is 0.225 e. The molecule has 0 radical (unpaired) electrons. The molecule has 0 aliphatic heterocycles. The summed E-state index contributed by atoms with van der Waals surface area (Å²) in [5.41, 5.74) is 3.00. The Kier molecular flexibility index (Phi) is 5.32. The van der Waals surface area contributed by atoms with Gasteiger partial charge in [-0.05, 0) is 22.6 Å². The maximum atomic E-state index is 12.1. The van der Waals surface area contributed by atoms with E-state index >= 15 is 0 Å². The summed E-state index contributed by atoms with van der Waals surface area (Å²) in [5.74, 6) is 0.330. The van der Waals surface area contributed by atoms with Crippen molar-refractivity contribution in [2.45, 2.75) is 32.2 Å². The predicted molar refractivity (Wildman–Crippen MR) is 87.2 cm³/mol. The van der Waals surface area contributed by atoms with Crippen molar-refractivity contribution >= 4 is 5.91 Å². The first kappa shape index (κ1) is 15.8. The van der Waals surface area contributed by atoms with Crippen LogP contribution in [0.15, 0.2) is 54.6 Å². The van der Waals surface area contributed by atoms with Gasteiger partial charge in [-0.25, -0.2) is 0 Å². The number of rotatable bonds is 5. The van der Waals surface area contributed by atoms with Crippen LogP contribution < -0.4 is 5.32 Å². The molecule has 0 heterocycles. The highest BCUT2D eigenvalue weighted by atomic mass is 16.1. The minimum absolute atomic E-state index is 0.146. The Balaban J connectivity index is 1.99. The second kappa shape index (κ2) is 7.42. The molecule has 1 atom stereocenters. The molecule has 2 rings (SSSR count). The fourth-order valence-electron chi connectivity index (χ4n) is 2.25. The predicted octanol–water partition coefficient (Wildman–Crippen LogP) is 3.73. The molecule has 0 bridgehead atoms. The number of nitrogens with zero attached hydrogens (tertiary/aromatic N) is 1. The number of nitriles is 1. The van der Waals surface area contributed by atoms with Crippen molar-refractivity contribution in [3.63, 3.8) is 0 Å². The van der Waals surface area contributed by atoms with Crippen LogP contribution in [0.25, 0.3) is 0 Å². The average Bonchev–Trinajstić information content (AvgIpc) is 2.54. The second-order valence-corrected chi connectivity index (χ2v) is 5.61. The van der Waals surface area contributed by atoms with Crippen LogP contribution >= 0.6 is 0 Å². The van der Waals surface area contributed by atoms with Crippen LogP contribution in [0.3, 0.4) is 0 Å². The molecular weight excluding hydrogens is 272 g/mol. The zero-order chi connectivity index (χ0) is 15.9. The molecular formula is C19H20N2O. The van der Waals surface area contributed by atoms with E-state index in [-0.39, 0.29) is 12.3 Å². The standard InChI is InChI=1S/C19H20N2O/c1-14(2)16-10-8-15(9-11-16)12-19(22)21-18(13-20)17-6-4-3-5-7-17/h3-11,14,18H,12H2,1-2H3,(H,21,22)/t18-/m1/s1. The maximum absolute atomic E-state index is 12.1. The summed E-state index contributed by atoms with van der Waals surface area (Å²) in [6, 6.07) is 18.8. The van der Waals surface area contributed by atoms with E-state index in [0.717, 1.165) is 11.1 Å². The third kappa shape index (κ3) is 4.20.